The number of hydroxylamine groups is 1. The molecule has 4 nitrogen and oxygen atoms in total. The average molecular weight is 402 g/mol. The van der Waals surface area contributed by atoms with E-state index in [1.165, 1.54) is 18.2 Å². The third kappa shape index (κ3) is 4.44. The number of benzene rings is 2. The van der Waals surface area contributed by atoms with E-state index in [0.29, 0.717) is 6.54 Å². The lowest BCUT2D eigenvalue weighted by atomic mass is 9.88. The van der Waals surface area contributed by atoms with Crippen molar-refractivity contribution in [1.29, 1.82) is 0 Å². The van der Waals surface area contributed by atoms with Gasteiger partial charge in [-0.15, -0.1) is 0 Å². The molecule has 2 aromatic rings. The summed E-state index contributed by atoms with van der Waals surface area (Å²) in [5, 5.41) is 8.62. The second-order valence-electron chi connectivity index (χ2n) is 8.14. The number of halogens is 2. The van der Waals surface area contributed by atoms with Crippen molar-refractivity contribution >= 4 is 11.4 Å². The van der Waals surface area contributed by atoms with Crippen molar-refractivity contribution in [3.63, 3.8) is 0 Å². The Morgan fingerprint density at radius 2 is 1.72 bits per heavy atom. The lowest BCUT2D eigenvalue weighted by molar-refractivity contribution is 0.163. The molecule has 0 radical (unpaired) electrons. The van der Waals surface area contributed by atoms with Crippen molar-refractivity contribution in [3.8, 4) is 0 Å². The maximum absolute atomic E-state index is 14.0. The SMILES string of the molecule is ONCCCCCCN1CCC2C(C1)c1cc(F)ccc1N2c1ccc(F)cc1. The quantitative estimate of drug-likeness (QED) is 0.492. The molecule has 2 atom stereocenters. The summed E-state index contributed by atoms with van der Waals surface area (Å²) in [6, 6.07) is 12.0. The number of rotatable bonds is 8. The molecule has 1 fully saturated rings. The number of hydrogen-bond acceptors (Lipinski definition) is 4. The van der Waals surface area contributed by atoms with Gasteiger partial charge in [-0.25, -0.2) is 14.3 Å². The molecular weight excluding hydrogens is 372 g/mol. The maximum Gasteiger partial charge on any atom is 0.123 e. The molecule has 156 valence electrons. The molecule has 0 aromatic heterocycles. The van der Waals surface area contributed by atoms with E-state index in [0.717, 1.165) is 68.7 Å². The summed E-state index contributed by atoms with van der Waals surface area (Å²) in [6.45, 7) is 3.65. The van der Waals surface area contributed by atoms with E-state index < -0.39 is 0 Å². The van der Waals surface area contributed by atoms with Gasteiger partial charge in [-0.05, 0) is 73.8 Å². The van der Waals surface area contributed by atoms with Crippen LogP contribution in [0.4, 0.5) is 20.2 Å². The minimum Gasteiger partial charge on any atom is -0.337 e. The van der Waals surface area contributed by atoms with Crippen molar-refractivity contribution in [3.05, 3.63) is 59.7 Å². The smallest absolute Gasteiger partial charge is 0.123 e. The fraction of sp³-hybridized carbons (Fsp3) is 0.478. The molecule has 0 amide bonds. The Hall–Kier alpha value is -2.02. The van der Waals surface area contributed by atoms with Gasteiger partial charge in [0.15, 0.2) is 0 Å². The summed E-state index contributed by atoms with van der Waals surface area (Å²) < 4.78 is 27.5. The van der Waals surface area contributed by atoms with Gasteiger partial charge >= 0.3 is 0 Å². The van der Waals surface area contributed by atoms with Gasteiger partial charge in [0.2, 0.25) is 0 Å². The Kier molecular flexibility index (Phi) is 6.43. The van der Waals surface area contributed by atoms with Crippen LogP contribution in [0.1, 0.15) is 43.6 Å². The molecule has 2 aliphatic rings. The molecule has 29 heavy (non-hydrogen) atoms. The zero-order valence-electron chi connectivity index (χ0n) is 16.7. The van der Waals surface area contributed by atoms with Crippen molar-refractivity contribution in [1.82, 2.24) is 10.4 Å². The standard InChI is InChI=1S/C23H29F2N3O/c24-17-5-8-19(9-6-17)28-22-10-7-18(25)15-20(22)21-16-27(14-11-23(21)28)13-4-2-1-3-12-26-29/h5-10,15,21,23,26,29H,1-4,11-14,16H2. The van der Waals surface area contributed by atoms with E-state index in [4.69, 9.17) is 5.21 Å². The second kappa shape index (κ2) is 9.20. The van der Waals surface area contributed by atoms with Crippen LogP contribution in [0.2, 0.25) is 0 Å². The fourth-order valence-electron chi connectivity index (χ4n) is 4.87. The minimum absolute atomic E-state index is 0.196. The van der Waals surface area contributed by atoms with Crippen LogP contribution in [0, 0.1) is 11.6 Å². The van der Waals surface area contributed by atoms with Gasteiger partial charge in [0.1, 0.15) is 11.6 Å². The Labute approximate surface area is 171 Å². The summed E-state index contributed by atoms with van der Waals surface area (Å²) >= 11 is 0. The van der Waals surface area contributed by atoms with Crippen LogP contribution < -0.4 is 10.4 Å². The summed E-state index contributed by atoms with van der Waals surface area (Å²) in [6.07, 6.45) is 5.40. The molecule has 1 saturated heterocycles. The van der Waals surface area contributed by atoms with Crippen LogP contribution in [-0.4, -0.2) is 42.3 Å². The van der Waals surface area contributed by atoms with Crippen molar-refractivity contribution < 1.29 is 14.0 Å². The number of likely N-dealkylation sites (tertiary alicyclic amines) is 1. The predicted molar refractivity (Wildman–Crippen MR) is 111 cm³/mol. The molecule has 0 saturated carbocycles. The highest BCUT2D eigenvalue weighted by molar-refractivity contribution is 5.73. The van der Waals surface area contributed by atoms with Crippen molar-refractivity contribution in [2.45, 2.75) is 44.1 Å². The molecule has 0 spiro atoms. The fourth-order valence-corrected chi connectivity index (χ4v) is 4.87. The third-order valence-corrected chi connectivity index (χ3v) is 6.26. The number of hydrogen-bond donors (Lipinski definition) is 2. The van der Waals surface area contributed by atoms with Crippen molar-refractivity contribution in [2.24, 2.45) is 0 Å². The first-order valence-corrected chi connectivity index (χ1v) is 10.6. The zero-order valence-corrected chi connectivity index (χ0v) is 16.7. The van der Waals surface area contributed by atoms with E-state index in [9.17, 15) is 8.78 Å². The zero-order chi connectivity index (χ0) is 20.2. The van der Waals surface area contributed by atoms with Crippen LogP contribution in [0.15, 0.2) is 42.5 Å². The number of nitrogens with zero attached hydrogens (tertiary/aromatic N) is 2. The minimum atomic E-state index is -0.242. The van der Waals surface area contributed by atoms with E-state index in [-0.39, 0.29) is 23.6 Å². The van der Waals surface area contributed by atoms with Crippen LogP contribution in [-0.2, 0) is 0 Å². The van der Waals surface area contributed by atoms with Gasteiger partial charge in [-0.1, -0.05) is 12.8 Å². The largest absolute Gasteiger partial charge is 0.337 e. The number of fused-ring (bicyclic) bond motifs is 3. The highest BCUT2D eigenvalue weighted by Gasteiger charge is 2.42. The Morgan fingerprint density at radius 1 is 0.966 bits per heavy atom. The Morgan fingerprint density at radius 3 is 2.52 bits per heavy atom. The van der Waals surface area contributed by atoms with Crippen LogP contribution in [0.25, 0.3) is 0 Å². The van der Waals surface area contributed by atoms with E-state index in [2.05, 4.69) is 15.3 Å². The summed E-state index contributed by atoms with van der Waals surface area (Å²) in [7, 11) is 0. The lowest BCUT2D eigenvalue weighted by Gasteiger charge is -2.39. The van der Waals surface area contributed by atoms with Crippen LogP contribution in [0.5, 0.6) is 0 Å². The Bertz CT molecular complexity index is 814. The third-order valence-electron chi connectivity index (χ3n) is 6.26. The highest BCUT2D eigenvalue weighted by Crippen LogP contribution is 2.48. The monoisotopic (exact) mass is 401 g/mol. The molecule has 4 rings (SSSR count). The molecular formula is C23H29F2N3O. The first kappa shape index (κ1) is 20.3. The van der Waals surface area contributed by atoms with Crippen LogP contribution >= 0.6 is 0 Å². The van der Waals surface area contributed by atoms with Gasteiger partial charge in [0.05, 0.1) is 0 Å². The van der Waals surface area contributed by atoms with Gasteiger partial charge < -0.3 is 15.0 Å². The summed E-state index contributed by atoms with van der Waals surface area (Å²) in [5.74, 6) is -0.176. The van der Waals surface area contributed by atoms with E-state index >= 15 is 0 Å². The lowest BCUT2D eigenvalue weighted by Crippen LogP contribution is -2.45. The molecule has 6 heteroatoms. The topological polar surface area (TPSA) is 38.7 Å². The van der Waals surface area contributed by atoms with Gasteiger partial charge in [0.25, 0.3) is 0 Å². The first-order valence-electron chi connectivity index (χ1n) is 10.6. The maximum atomic E-state index is 14.0. The van der Waals surface area contributed by atoms with E-state index in [1.54, 1.807) is 6.07 Å². The van der Waals surface area contributed by atoms with E-state index in [1.807, 2.05) is 18.2 Å². The molecule has 2 unspecified atom stereocenters. The van der Waals surface area contributed by atoms with Gasteiger partial charge in [-0.2, -0.15) is 0 Å². The predicted octanol–water partition coefficient (Wildman–Crippen LogP) is 4.81. The first-order chi connectivity index (χ1) is 14.2. The van der Waals surface area contributed by atoms with Gasteiger partial charge in [0, 0.05) is 43.0 Å². The number of unbranched alkanes of at least 4 members (excludes halogenated alkanes) is 3. The van der Waals surface area contributed by atoms with Gasteiger partial charge in [-0.3, -0.25) is 0 Å². The molecule has 2 N–H and O–H groups in total. The number of piperidine rings is 1. The molecule has 0 bridgehead atoms. The molecule has 0 aliphatic carbocycles. The normalized spacial score (nSPS) is 21.3. The second-order valence-corrected chi connectivity index (χ2v) is 8.14. The highest BCUT2D eigenvalue weighted by atomic mass is 19.1. The summed E-state index contributed by atoms with van der Waals surface area (Å²) in [4.78, 5) is 4.77. The Balaban J connectivity index is 1.47. The number of nitrogens with one attached hydrogen (secondary N) is 1. The molecule has 2 heterocycles. The molecule has 2 aliphatic heterocycles. The average Bonchev–Trinajstić information content (AvgIpc) is 3.04. The number of anilines is 2. The molecule has 2 aromatic carbocycles. The summed E-state index contributed by atoms with van der Waals surface area (Å²) in [5.41, 5.74) is 5.29. The van der Waals surface area contributed by atoms with Crippen molar-refractivity contribution in [2.75, 3.05) is 31.1 Å². The van der Waals surface area contributed by atoms with Crippen LogP contribution in [0.3, 0.4) is 0 Å².